The lowest BCUT2D eigenvalue weighted by Crippen LogP contribution is -2.55. The van der Waals surface area contributed by atoms with Crippen LogP contribution < -0.4 is 5.32 Å². The molecule has 4 bridgehead atoms. The summed E-state index contributed by atoms with van der Waals surface area (Å²) in [7, 11) is 0. The van der Waals surface area contributed by atoms with Gasteiger partial charge in [0.05, 0.1) is 0 Å². The first-order valence-electron chi connectivity index (χ1n) is 7.65. The minimum atomic E-state index is 0.653. The largest absolute Gasteiger partial charge is 0.373 e. The van der Waals surface area contributed by atoms with E-state index in [1.165, 1.54) is 37.7 Å². The molecule has 0 saturated heterocycles. The third kappa shape index (κ3) is 2.10. The van der Waals surface area contributed by atoms with Gasteiger partial charge in [-0.1, -0.05) is 42.5 Å². The highest BCUT2D eigenvalue weighted by atomic mass is 32.1. The standard InChI is InChI=1S/C17H21NS/c19-17(13-4-2-1-3-5-13)18-16-14-7-11-6-12(9-14)10-15(16)8-11/h1-5,11-12,14-16H,6-10H2,(H,18,19). The molecular formula is C17H21NS. The molecule has 1 nitrogen and oxygen atoms in total. The van der Waals surface area contributed by atoms with Crippen LogP contribution in [0.25, 0.3) is 0 Å². The molecule has 4 aliphatic carbocycles. The summed E-state index contributed by atoms with van der Waals surface area (Å²) in [6.07, 6.45) is 7.30. The first-order valence-corrected chi connectivity index (χ1v) is 8.06. The Morgan fingerprint density at radius 1 is 0.895 bits per heavy atom. The third-order valence-electron chi connectivity index (χ3n) is 5.56. The monoisotopic (exact) mass is 271 g/mol. The van der Waals surface area contributed by atoms with Gasteiger partial charge in [0.2, 0.25) is 0 Å². The van der Waals surface area contributed by atoms with Crippen molar-refractivity contribution in [3.63, 3.8) is 0 Å². The van der Waals surface area contributed by atoms with Crippen LogP contribution in [0.2, 0.25) is 0 Å². The van der Waals surface area contributed by atoms with Crippen molar-refractivity contribution >= 4 is 17.2 Å². The molecule has 4 saturated carbocycles. The summed E-state index contributed by atoms with van der Waals surface area (Å²) < 4.78 is 0. The molecule has 1 aromatic rings. The van der Waals surface area contributed by atoms with E-state index in [-0.39, 0.29) is 0 Å². The molecule has 4 fully saturated rings. The molecule has 2 heteroatoms. The van der Waals surface area contributed by atoms with Crippen LogP contribution in [0.5, 0.6) is 0 Å². The van der Waals surface area contributed by atoms with Crippen molar-refractivity contribution in [3.8, 4) is 0 Å². The zero-order valence-corrected chi connectivity index (χ0v) is 12.0. The van der Waals surface area contributed by atoms with E-state index in [4.69, 9.17) is 12.2 Å². The molecule has 0 atom stereocenters. The first-order chi connectivity index (χ1) is 9.29. The van der Waals surface area contributed by atoms with Crippen molar-refractivity contribution in [2.24, 2.45) is 23.7 Å². The van der Waals surface area contributed by atoms with Crippen molar-refractivity contribution in [2.45, 2.75) is 38.1 Å². The van der Waals surface area contributed by atoms with Crippen molar-refractivity contribution in [3.05, 3.63) is 35.9 Å². The first kappa shape index (κ1) is 11.9. The fraction of sp³-hybridized carbons (Fsp3) is 0.588. The number of hydrogen-bond donors (Lipinski definition) is 1. The molecule has 4 aliphatic rings. The van der Waals surface area contributed by atoms with E-state index in [1.807, 2.05) is 0 Å². The van der Waals surface area contributed by atoms with Crippen molar-refractivity contribution in [1.82, 2.24) is 5.32 Å². The highest BCUT2D eigenvalue weighted by Gasteiger charge is 2.48. The summed E-state index contributed by atoms with van der Waals surface area (Å²) in [4.78, 5) is 0.957. The second-order valence-electron chi connectivity index (χ2n) is 6.80. The Hall–Kier alpha value is -0.890. The molecule has 0 spiro atoms. The van der Waals surface area contributed by atoms with Gasteiger partial charge in [0, 0.05) is 11.6 Å². The summed E-state index contributed by atoms with van der Waals surface area (Å²) in [5.74, 6) is 3.84. The van der Waals surface area contributed by atoms with Crippen LogP contribution in [0, 0.1) is 23.7 Å². The van der Waals surface area contributed by atoms with Gasteiger partial charge < -0.3 is 5.32 Å². The van der Waals surface area contributed by atoms with Crippen LogP contribution in [0.15, 0.2) is 30.3 Å². The third-order valence-corrected chi connectivity index (χ3v) is 5.91. The highest BCUT2D eigenvalue weighted by molar-refractivity contribution is 7.80. The molecular weight excluding hydrogens is 250 g/mol. The van der Waals surface area contributed by atoms with Crippen LogP contribution in [-0.2, 0) is 0 Å². The Morgan fingerprint density at radius 2 is 1.47 bits per heavy atom. The maximum Gasteiger partial charge on any atom is 0.106 e. The number of benzene rings is 1. The van der Waals surface area contributed by atoms with E-state index in [2.05, 4.69) is 35.6 Å². The fourth-order valence-corrected chi connectivity index (χ4v) is 5.26. The van der Waals surface area contributed by atoms with Gasteiger partial charge in [-0.15, -0.1) is 0 Å². The topological polar surface area (TPSA) is 12.0 Å². The molecule has 0 aromatic heterocycles. The van der Waals surface area contributed by atoms with E-state index in [0.717, 1.165) is 28.7 Å². The number of thiocarbonyl (C=S) groups is 1. The SMILES string of the molecule is S=C(NC1C2CC3CC(C2)CC1C3)c1ccccc1. The van der Waals surface area contributed by atoms with E-state index in [9.17, 15) is 0 Å². The summed E-state index contributed by atoms with van der Waals surface area (Å²) in [6.45, 7) is 0. The smallest absolute Gasteiger partial charge is 0.106 e. The lowest BCUT2D eigenvalue weighted by atomic mass is 9.54. The molecule has 1 N–H and O–H groups in total. The van der Waals surface area contributed by atoms with Crippen molar-refractivity contribution in [2.75, 3.05) is 0 Å². The van der Waals surface area contributed by atoms with Gasteiger partial charge in [-0.25, -0.2) is 0 Å². The van der Waals surface area contributed by atoms with E-state index in [1.54, 1.807) is 0 Å². The lowest BCUT2D eigenvalue weighted by molar-refractivity contribution is -0.00659. The number of rotatable bonds is 2. The van der Waals surface area contributed by atoms with Crippen molar-refractivity contribution < 1.29 is 0 Å². The second kappa shape index (κ2) is 4.59. The maximum absolute atomic E-state index is 5.61. The molecule has 19 heavy (non-hydrogen) atoms. The maximum atomic E-state index is 5.61. The van der Waals surface area contributed by atoms with Gasteiger partial charge in [0.25, 0.3) is 0 Å². The molecule has 0 radical (unpaired) electrons. The fourth-order valence-electron chi connectivity index (χ4n) is 4.99. The van der Waals surface area contributed by atoms with Crippen LogP contribution in [0.4, 0.5) is 0 Å². The zero-order chi connectivity index (χ0) is 12.8. The normalized spacial score (nSPS) is 39.3. The molecule has 0 unspecified atom stereocenters. The Bertz CT molecular complexity index is 453. The average Bonchev–Trinajstić information content (AvgIpc) is 2.43. The summed E-state index contributed by atoms with van der Waals surface area (Å²) in [6, 6.07) is 11.1. The highest BCUT2D eigenvalue weighted by Crippen LogP contribution is 2.53. The summed E-state index contributed by atoms with van der Waals surface area (Å²) >= 11 is 5.61. The number of hydrogen-bond acceptors (Lipinski definition) is 1. The van der Waals surface area contributed by atoms with Crippen LogP contribution in [-0.4, -0.2) is 11.0 Å². The number of nitrogens with one attached hydrogen (secondary N) is 1. The van der Waals surface area contributed by atoms with E-state index < -0.39 is 0 Å². The molecule has 1 aromatic carbocycles. The quantitative estimate of drug-likeness (QED) is 0.822. The molecule has 5 rings (SSSR count). The predicted octanol–water partition coefficient (Wildman–Crippen LogP) is 3.78. The Balaban J connectivity index is 1.50. The molecule has 0 heterocycles. The lowest BCUT2D eigenvalue weighted by Gasteiger charge is -2.54. The average molecular weight is 271 g/mol. The van der Waals surface area contributed by atoms with Gasteiger partial charge in [0.15, 0.2) is 0 Å². The van der Waals surface area contributed by atoms with Crippen molar-refractivity contribution in [1.29, 1.82) is 0 Å². The van der Waals surface area contributed by atoms with E-state index in [0.29, 0.717) is 6.04 Å². The second-order valence-corrected chi connectivity index (χ2v) is 7.20. The Kier molecular flexibility index (Phi) is 2.87. The summed E-state index contributed by atoms with van der Waals surface area (Å²) in [5.41, 5.74) is 1.17. The van der Waals surface area contributed by atoms with Crippen LogP contribution in [0.3, 0.4) is 0 Å². The Labute approximate surface area is 120 Å². The van der Waals surface area contributed by atoms with Crippen LogP contribution in [0.1, 0.15) is 37.7 Å². The van der Waals surface area contributed by atoms with Gasteiger partial charge in [-0.3, -0.25) is 0 Å². The minimum Gasteiger partial charge on any atom is -0.373 e. The van der Waals surface area contributed by atoms with Gasteiger partial charge in [-0.05, 0) is 55.8 Å². The van der Waals surface area contributed by atoms with Crippen LogP contribution >= 0.6 is 12.2 Å². The molecule has 0 amide bonds. The molecule has 100 valence electrons. The van der Waals surface area contributed by atoms with E-state index >= 15 is 0 Å². The minimum absolute atomic E-state index is 0.653. The summed E-state index contributed by atoms with van der Waals surface area (Å²) in [5, 5.41) is 3.71. The molecule has 0 aliphatic heterocycles. The predicted molar refractivity (Wildman–Crippen MR) is 82.1 cm³/mol. The van der Waals surface area contributed by atoms with Gasteiger partial charge in [0.1, 0.15) is 4.99 Å². The Morgan fingerprint density at radius 3 is 2.05 bits per heavy atom. The zero-order valence-electron chi connectivity index (χ0n) is 11.2. The van der Waals surface area contributed by atoms with Gasteiger partial charge in [-0.2, -0.15) is 0 Å². The van der Waals surface area contributed by atoms with Gasteiger partial charge >= 0.3 is 0 Å².